The summed E-state index contributed by atoms with van der Waals surface area (Å²) < 4.78 is 26.6. The third-order valence-corrected chi connectivity index (χ3v) is 4.80. The number of nitriles is 1. The molecule has 1 aliphatic carbocycles. The Morgan fingerprint density at radius 2 is 2.22 bits per heavy atom. The van der Waals surface area contributed by atoms with Crippen LogP contribution < -0.4 is 4.72 Å². The quantitative estimate of drug-likeness (QED) is 0.892. The lowest BCUT2D eigenvalue weighted by Gasteiger charge is -2.38. The summed E-state index contributed by atoms with van der Waals surface area (Å²) >= 11 is 0. The zero-order chi connectivity index (χ0) is 13.2. The number of aromatic nitrogens is 1. The van der Waals surface area contributed by atoms with Gasteiger partial charge in [0.15, 0.2) is 0 Å². The van der Waals surface area contributed by atoms with Gasteiger partial charge in [0.1, 0.15) is 16.7 Å². The highest BCUT2D eigenvalue weighted by molar-refractivity contribution is 7.89. The van der Waals surface area contributed by atoms with E-state index in [9.17, 15) is 8.42 Å². The fourth-order valence-corrected chi connectivity index (χ4v) is 3.06. The molecule has 1 N–H and O–H groups in total. The molecule has 18 heavy (non-hydrogen) atoms. The molecule has 0 aromatic carbocycles. The molecule has 5 nitrogen and oxygen atoms in total. The van der Waals surface area contributed by atoms with Crippen LogP contribution in [0.3, 0.4) is 0 Å². The van der Waals surface area contributed by atoms with Gasteiger partial charge in [0, 0.05) is 12.7 Å². The van der Waals surface area contributed by atoms with Gasteiger partial charge in [-0.05, 0) is 30.4 Å². The molecule has 2 rings (SSSR count). The number of nitrogens with zero attached hydrogens (tertiary/aromatic N) is 2. The average Bonchev–Trinajstić information content (AvgIpc) is 2.34. The molecule has 0 atom stereocenters. The van der Waals surface area contributed by atoms with Crippen LogP contribution in [0.1, 0.15) is 31.9 Å². The first-order valence-electron chi connectivity index (χ1n) is 5.81. The van der Waals surface area contributed by atoms with Crippen molar-refractivity contribution in [3.8, 4) is 6.07 Å². The summed E-state index contributed by atoms with van der Waals surface area (Å²) in [7, 11) is -3.52. The van der Waals surface area contributed by atoms with Gasteiger partial charge in [-0.3, -0.25) is 0 Å². The molecule has 1 saturated carbocycles. The lowest BCUT2D eigenvalue weighted by Crippen LogP contribution is -2.39. The van der Waals surface area contributed by atoms with Crippen LogP contribution in [0.25, 0.3) is 0 Å². The second-order valence-corrected chi connectivity index (χ2v) is 6.75. The van der Waals surface area contributed by atoms with Gasteiger partial charge in [-0.2, -0.15) is 5.26 Å². The van der Waals surface area contributed by atoms with Gasteiger partial charge in [-0.25, -0.2) is 18.1 Å². The van der Waals surface area contributed by atoms with Crippen LogP contribution in [-0.2, 0) is 10.0 Å². The highest BCUT2D eigenvalue weighted by atomic mass is 32.2. The number of hydrogen-bond acceptors (Lipinski definition) is 4. The summed E-state index contributed by atoms with van der Waals surface area (Å²) in [6.45, 7) is 2.53. The predicted octanol–water partition coefficient (Wildman–Crippen LogP) is 1.42. The van der Waals surface area contributed by atoms with Crippen LogP contribution in [0.5, 0.6) is 0 Å². The number of sulfonamides is 1. The molecular weight excluding hydrogens is 250 g/mol. The molecule has 96 valence electrons. The van der Waals surface area contributed by atoms with Gasteiger partial charge in [0.2, 0.25) is 10.0 Å². The number of pyridine rings is 1. The van der Waals surface area contributed by atoms with Crippen molar-refractivity contribution in [2.45, 2.75) is 31.1 Å². The van der Waals surface area contributed by atoms with Crippen molar-refractivity contribution >= 4 is 10.0 Å². The Balaban J connectivity index is 2.08. The monoisotopic (exact) mass is 265 g/mol. The molecule has 1 aromatic heterocycles. The molecule has 1 aromatic rings. The third kappa shape index (κ3) is 2.68. The molecule has 0 unspecified atom stereocenters. The first-order chi connectivity index (χ1) is 8.45. The summed E-state index contributed by atoms with van der Waals surface area (Å²) in [5, 5.41) is 8.60. The Bertz CT molecular complexity index is 568. The fourth-order valence-electron chi connectivity index (χ4n) is 1.92. The molecule has 0 bridgehead atoms. The van der Waals surface area contributed by atoms with Crippen LogP contribution in [-0.4, -0.2) is 19.9 Å². The minimum atomic E-state index is -3.52. The summed E-state index contributed by atoms with van der Waals surface area (Å²) in [5.74, 6) is 0. The number of nitrogens with one attached hydrogen (secondary N) is 1. The molecule has 0 aliphatic heterocycles. The normalized spacial score (nSPS) is 17.8. The lowest BCUT2D eigenvalue weighted by molar-refractivity contribution is 0.166. The molecule has 0 saturated heterocycles. The van der Waals surface area contributed by atoms with E-state index in [1.54, 1.807) is 0 Å². The van der Waals surface area contributed by atoms with E-state index in [1.807, 2.05) is 6.07 Å². The summed E-state index contributed by atoms with van der Waals surface area (Å²) in [6, 6.07) is 4.66. The molecule has 1 aliphatic rings. The van der Waals surface area contributed by atoms with E-state index < -0.39 is 10.0 Å². The SMILES string of the molecule is CC1(CNS(=O)(=O)c2ccc(C#N)nc2)CCC1. The van der Waals surface area contributed by atoms with Gasteiger partial charge in [-0.1, -0.05) is 13.3 Å². The summed E-state index contributed by atoms with van der Waals surface area (Å²) in [6.07, 6.45) is 4.49. The van der Waals surface area contributed by atoms with Gasteiger partial charge in [0.25, 0.3) is 0 Å². The van der Waals surface area contributed by atoms with Crippen molar-refractivity contribution in [2.24, 2.45) is 5.41 Å². The van der Waals surface area contributed by atoms with E-state index in [-0.39, 0.29) is 16.0 Å². The van der Waals surface area contributed by atoms with E-state index >= 15 is 0 Å². The topological polar surface area (TPSA) is 82.9 Å². The Labute approximate surface area is 107 Å². The molecule has 0 amide bonds. The van der Waals surface area contributed by atoms with Crippen LogP contribution in [0.4, 0.5) is 0 Å². The van der Waals surface area contributed by atoms with Crippen LogP contribution in [0.15, 0.2) is 23.2 Å². The summed E-state index contributed by atoms with van der Waals surface area (Å²) in [4.78, 5) is 3.86. The smallest absolute Gasteiger partial charge is 0.242 e. The Hall–Kier alpha value is -1.45. The van der Waals surface area contributed by atoms with Crippen molar-refractivity contribution in [3.05, 3.63) is 24.0 Å². The largest absolute Gasteiger partial charge is 0.244 e. The summed E-state index contributed by atoms with van der Waals surface area (Å²) in [5.41, 5.74) is 0.299. The zero-order valence-electron chi connectivity index (χ0n) is 10.2. The predicted molar refractivity (Wildman–Crippen MR) is 66.1 cm³/mol. The minimum Gasteiger partial charge on any atom is -0.244 e. The maximum atomic E-state index is 12.0. The molecule has 6 heteroatoms. The van der Waals surface area contributed by atoms with Crippen molar-refractivity contribution in [3.63, 3.8) is 0 Å². The van der Waals surface area contributed by atoms with E-state index in [0.29, 0.717) is 6.54 Å². The number of rotatable bonds is 4. The molecule has 1 fully saturated rings. The zero-order valence-corrected chi connectivity index (χ0v) is 11.0. The van der Waals surface area contributed by atoms with Crippen molar-refractivity contribution in [1.82, 2.24) is 9.71 Å². The Morgan fingerprint density at radius 1 is 1.50 bits per heavy atom. The Morgan fingerprint density at radius 3 is 2.67 bits per heavy atom. The van der Waals surface area contributed by atoms with Gasteiger partial charge >= 0.3 is 0 Å². The molecule has 0 radical (unpaired) electrons. The number of hydrogen-bond donors (Lipinski definition) is 1. The standard InChI is InChI=1S/C12H15N3O2S/c1-12(5-2-6-12)9-15-18(16,17)11-4-3-10(7-13)14-8-11/h3-4,8,15H,2,5-6,9H2,1H3. The van der Waals surface area contributed by atoms with Gasteiger partial charge < -0.3 is 0 Å². The fraction of sp³-hybridized carbons (Fsp3) is 0.500. The molecule has 1 heterocycles. The second-order valence-electron chi connectivity index (χ2n) is 4.98. The van der Waals surface area contributed by atoms with Crippen LogP contribution >= 0.6 is 0 Å². The third-order valence-electron chi connectivity index (χ3n) is 3.41. The van der Waals surface area contributed by atoms with E-state index in [0.717, 1.165) is 19.3 Å². The maximum absolute atomic E-state index is 12.0. The Kier molecular flexibility index (Phi) is 3.37. The van der Waals surface area contributed by atoms with Gasteiger partial charge in [0.05, 0.1) is 0 Å². The van der Waals surface area contributed by atoms with E-state index in [4.69, 9.17) is 5.26 Å². The lowest BCUT2D eigenvalue weighted by atomic mass is 9.71. The van der Waals surface area contributed by atoms with E-state index in [2.05, 4.69) is 16.6 Å². The first-order valence-corrected chi connectivity index (χ1v) is 7.29. The maximum Gasteiger partial charge on any atom is 0.242 e. The van der Waals surface area contributed by atoms with Crippen molar-refractivity contribution < 1.29 is 8.42 Å². The van der Waals surface area contributed by atoms with Crippen LogP contribution in [0.2, 0.25) is 0 Å². The van der Waals surface area contributed by atoms with Crippen molar-refractivity contribution in [2.75, 3.05) is 6.54 Å². The second kappa shape index (κ2) is 4.67. The van der Waals surface area contributed by atoms with Gasteiger partial charge in [-0.15, -0.1) is 0 Å². The first kappa shape index (κ1) is 13.0. The molecule has 0 spiro atoms. The highest BCUT2D eigenvalue weighted by Crippen LogP contribution is 2.39. The molecular formula is C12H15N3O2S. The van der Waals surface area contributed by atoms with Crippen molar-refractivity contribution in [1.29, 1.82) is 5.26 Å². The van der Waals surface area contributed by atoms with Crippen LogP contribution in [0, 0.1) is 16.7 Å². The minimum absolute atomic E-state index is 0.0904. The highest BCUT2D eigenvalue weighted by Gasteiger charge is 2.33. The average molecular weight is 265 g/mol. The van der Waals surface area contributed by atoms with E-state index in [1.165, 1.54) is 18.3 Å².